The zero-order chi connectivity index (χ0) is 24.6. The van der Waals surface area contributed by atoms with Crippen LogP contribution in [0.15, 0.2) is 30.5 Å². The topological polar surface area (TPSA) is 82.2 Å². The third-order valence-electron chi connectivity index (χ3n) is 6.67. The van der Waals surface area contributed by atoms with Crippen molar-refractivity contribution < 1.29 is 17.9 Å². The van der Waals surface area contributed by atoms with E-state index in [1.54, 1.807) is 36.0 Å². The lowest BCUT2D eigenvalue weighted by molar-refractivity contribution is -0.142. The van der Waals surface area contributed by atoms with Gasteiger partial charge in [-0.25, -0.2) is 9.20 Å². The molecular formula is C24H28F3N7O. The summed E-state index contributed by atoms with van der Waals surface area (Å²) in [6.07, 6.45) is 4.43. The number of hydrogen-bond donors (Lipinski definition) is 1. The summed E-state index contributed by atoms with van der Waals surface area (Å²) in [5.41, 5.74) is 2.77. The molecule has 1 saturated carbocycles. The predicted octanol–water partition coefficient (Wildman–Crippen LogP) is 5.48. The minimum Gasteiger partial charge on any atom is -0.479 e. The van der Waals surface area contributed by atoms with Crippen molar-refractivity contribution in [3.8, 4) is 17.0 Å². The maximum Gasteiger partial charge on any atom is 0.408 e. The zero-order valence-electron chi connectivity index (χ0n) is 19.7. The molecule has 8 nitrogen and oxygen atoms in total. The van der Waals surface area contributed by atoms with Gasteiger partial charge in [0.05, 0.1) is 12.6 Å². The van der Waals surface area contributed by atoms with Gasteiger partial charge in [-0.05, 0) is 48.9 Å². The maximum atomic E-state index is 13.0. The fourth-order valence-corrected chi connectivity index (χ4v) is 4.83. The van der Waals surface area contributed by atoms with Crippen molar-refractivity contribution in [3.05, 3.63) is 30.5 Å². The first-order valence-electron chi connectivity index (χ1n) is 11.9. The van der Waals surface area contributed by atoms with Crippen LogP contribution >= 0.6 is 0 Å². The SMILES string of the molecule is COc1nc(N[C@H]2CCCCC(C)CC2)nn2ccc(-c3ccc4nnn(CC(F)(F)F)c4c3)c12. The van der Waals surface area contributed by atoms with E-state index in [0.717, 1.165) is 29.0 Å². The fraction of sp³-hybridized carbons (Fsp3) is 0.500. The molecule has 1 N–H and O–H groups in total. The molecular weight excluding hydrogens is 459 g/mol. The molecule has 1 aliphatic rings. The summed E-state index contributed by atoms with van der Waals surface area (Å²) in [6.45, 7) is 1.10. The van der Waals surface area contributed by atoms with Crippen molar-refractivity contribution in [2.75, 3.05) is 12.4 Å². The van der Waals surface area contributed by atoms with Gasteiger partial charge in [-0.3, -0.25) is 0 Å². The standard InChI is InChI=1S/C24H28F3N7O/c1-15-5-3-4-6-17(9-7-15)28-23-29-22(35-2)21-18(11-12-33(21)31-23)16-8-10-19-20(13-16)34(32-30-19)14-24(25,26)27/h8,10-13,15,17H,3-7,9,14H2,1-2H3,(H,28,31)/t15?,17-/m0/s1. The molecule has 0 radical (unpaired) electrons. The molecule has 11 heteroatoms. The van der Waals surface area contributed by atoms with Crippen molar-refractivity contribution in [2.24, 2.45) is 5.92 Å². The molecule has 0 amide bonds. The molecule has 0 spiro atoms. The molecule has 0 bridgehead atoms. The molecule has 0 aliphatic heterocycles. The molecule has 1 aromatic carbocycles. The number of alkyl halides is 3. The number of fused-ring (bicyclic) bond motifs is 2. The number of aromatic nitrogens is 6. The Bertz CT molecular complexity index is 1330. The van der Waals surface area contributed by atoms with Crippen LogP contribution in [0.1, 0.15) is 45.4 Å². The van der Waals surface area contributed by atoms with E-state index in [1.807, 2.05) is 6.07 Å². The lowest BCUT2D eigenvalue weighted by Crippen LogP contribution is -2.24. The van der Waals surface area contributed by atoms with Crippen molar-refractivity contribution in [2.45, 2.75) is 64.2 Å². The summed E-state index contributed by atoms with van der Waals surface area (Å²) in [5, 5.41) is 15.7. The number of methoxy groups -OCH3 is 1. The van der Waals surface area contributed by atoms with E-state index in [9.17, 15) is 13.2 Å². The third-order valence-corrected chi connectivity index (χ3v) is 6.67. The zero-order valence-corrected chi connectivity index (χ0v) is 19.7. The van der Waals surface area contributed by atoms with Crippen LogP contribution in [0.2, 0.25) is 0 Å². The third kappa shape index (κ3) is 5.03. The largest absolute Gasteiger partial charge is 0.479 e. The Labute approximate surface area is 200 Å². The molecule has 35 heavy (non-hydrogen) atoms. The smallest absolute Gasteiger partial charge is 0.408 e. The summed E-state index contributed by atoms with van der Waals surface area (Å²) >= 11 is 0. The highest BCUT2D eigenvalue weighted by molar-refractivity contribution is 5.89. The second kappa shape index (κ2) is 9.35. The number of hydrogen-bond acceptors (Lipinski definition) is 6. The number of nitrogens with one attached hydrogen (secondary N) is 1. The highest BCUT2D eigenvalue weighted by atomic mass is 19.4. The summed E-state index contributed by atoms with van der Waals surface area (Å²) in [6, 6.07) is 7.27. The molecule has 1 unspecified atom stereocenters. The van der Waals surface area contributed by atoms with E-state index in [4.69, 9.17) is 4.74 Å². The van der Waals surface area contributed by atoms with Gasteiger partial charge in [0.15, 0.2) is 0 Å². The van der Waals surface area contributed by atoms with Crippen molar-refractivity contribution >= 4 is 22.5 Å². The average Bonchev–Trinajstić information content (AvgIpc) is 3.41. The van der Waals surface area contributed by atoms with Crippen LogP contribution in [0.3, 0.4) is 0 Å². The summed E-state index contributed by atoms with van der Waals surface area (Å²) in [5.74, 6) is 1.62. The number of ether oxygens (including phenoxy) is 1. The molecule has 0 saturated heterocycles. The Balaban J connectivity index is 1.48. The van der Waals surface area contributed by atoms with Gasteiger partial charge >= 0.3 is 6.18 Å². The average molecular weight is 488 g/mol. The lowest BCUT2D eigenvalue weighted by Gasteiger charge is -2.24. The van der Waals surface area contributed by atoms with Crippen LogP contribution in [0, 0.1) is 5.92 Å². The van der Waals surface area contributed by atoms with E-state index in [-0.39, 0.29) is 0 Å². The van der Waals surface area contributed by atoms with Gasteiger partial charge in [-0.15, -0.1) is 10.2 Å². The highest BCUT2D eigenvalue weighted by Gasteiger charge is 2.29. The second-order valence-corrected chi connectivity index (χ2v) is 9.34. The quantitative estimate of drug-likeness (QED) is 0.401. The molecule has 3 heterocycles. The van der Waals surface area contributed by atoms with Gasteiger partial charge in [-0.2, -0.15) is 18.2 Å². The predicted molar refractivity (Wildman–Crippen MR) is 126 cm³/mol. The molecule has 1 fully saturated rings. The van der Waals surface area contributed by atoms with E-state index in [2.05, 4.69) is 32.6 Å². The van der Waals surface area contributed by atoms with Gasteiger partial charge in [0.1, 0.15) is 17.6 Å². The van der Waals surface area contributed by atoms with Crippen LogP contribution in [0.5, 0.6) is 5.88 Å². The molecule has 5 rings (SSSR count). The maximum absolute atomic E-state index is 13.0. The Morgan fingerprint density at radius 3 is 2.74 bits per heavy atom. The molecule has 4 aromatic rings. The van der Waals surface area contributed by atoms with E-state index in [1.165, 1.54) is 25.7 Å². The molecule has 2 atom stereocenters. The summed E-state index contributed by atoms with van der Waals surface area (Å²) < 4.78 is 47.1. The van der Waals surface area contributed by atoms with E-state index in [0.29, 0.717) is 40.0 Å². The normalized spacial score (nSPS) is 19.6. The van der Waals surface area contributed by atoms with Crippen LogP contribution in [0.4, 0.5) is 19.1 Å². The highest BCUT2D eigenvalue weighted by Crippen LogP contribution is 2.33. The van der Waals surface area contributed by atoms with Crippen LogP contribution in [-0.2, 0) is 6.54 Å². The van der Waals surface area contributed by atoms with E-state index >= 15 is 0 Å². The molecule has 1 aliphatic carbocycles. The second-order valence-electron chi connectivity index (χ2n) is 9.34. The minimum atomic E-state index is -4.39. The minimum absolute atomic E-state index is 0.302. The summed E-state index contributed by atoms with van der Waals surface area (Å²) in [7, 11) is 1.55. The number of anilines is 1. The van der Waals surface area contributed by atoms with Gasteiger partial charge in [0.2, 0.25) is 11.8 Å². The Hall–Kier alpha value is -3.37. The first kappa shape index (κ1) is 23.4. The number of halogens is 3. The fourth-order valence-electron chi connectivity index (χ4n) is 4.83. The molecule has 186 valence electrons. The van der Waals surface area contributed by atoms with Crippen molar-refractivity contribution in [1.29, 1.82) is 0 Å². The monoisotopic (exact) mass is 487 g/mol. The van der Waals surface area contributed by atoms with Crippen LogP contribution in [0.25, 0.3) is 27.7 Å². The lowest BCUT2D eigenvalue weighted by atomic mass is 9.90. The molecule has 3 aromatic heterocycles. The number of benzene rings is 1. The van der Waals surface area contributed by atoms with Gasteiger partial charge in [0.25, 0.3) is 0 Å². The summed E-state index contributed by atoms with van der Waals surface area (Å²) in [4.78, 5) is 4.62. The number of nitrogens with zero attached hydrogens (tertiary/aromatic N) is 6. The van der Waals surface area contributed by atoms with Gasteiger partial charge in [0, 0.05) is 17.8 Å². The number of rotatable bonds is 5. The Morgan fingerprint density at radius 2 is 1.94 bits per heavy atom. The Kier molecular flexibility index (Phi) is 6.24. The Morgan fingerprint density at radius 1 is 1.11 bits per heavy atom. The van der Waals surface area contributed by atoms with Gasteiger partial charge in [-0.1, -0.05) is 37.5 Å². The van der Waals surface area contributed by atoms with Gasteiger partial charge < -0.3 is 10.1 Å². The first-order chi connectivity index (χ1) is 16.8. The van der Waals surface area contributed by atoms with E-state index < -0.39 is 12.7 Å². The van der Waals surface area contributed by atoms with Crippen molar-refractivity contribution in [1.82, 2.24) is 29.6 Å². The van der Waals surface area contributed by atoms with Crippen molar-refractivity contribution in [3.63, 3.8) is 0 Å². The van der Waals surface area contributed by atoms with Crippen LogP contribution < -0.4 is 10.1 Å². The van der Waals surface area contributed by atoms with Crippen LogP contribution in [-0.4, -0.2) is 48.9 Å². The first-order valence-corrected chi connectivity index (χ1v) is 11.9.